The lowest BCUT2D eigenvalue weighted by atomic mass is 9.97. The number of nitrogens with zero attached hydrogens (tertiary/aromatic N) is 3. The van der Waals surface area contributed by atoms with Crippen molar-refractivity contribution < 1.29 is 4.42 Å². The van der Waals surface area contributed by atoms with Gasteiger partial charge < -0.3 is 4.42 Å². The van der Waals surface area contributed by atoms with Gasteiger partial charge in [-0.15, -0.1) is 11.3 Å². The maximum absolute atomic E-state index is 6.43. The minimum absolute atomic E-state index is 0.603. The summed E-state index contributed by atoms with van der Waals surface area (Å²) in [6.45, 7) is 0. The van der Waals surface area contributed by atoms with Crippen molar-refractivity contribution in [2.75, 3.05) is 0 Å². The number of hydrogen-bond donors (Lipinski definition) is 0. The molecule has 9 aromatic rings. The normalized spacial score (nSPS) is 11.6. The van der Waals surface area contributed by atoms with Gasteiger partial charge in [-0.25, -0.2) is 15.0 Å². The lowest BCUT2D eigenvalue weighted by Gasteiger charge is -2.11. The fraction of sp³-hybridized carbons (Fsp3) is 0. The summed E-state index contributed by atoms with van der Waals surface area (Å²) in [6.07, 6.45) is 0. The summed E-state index contributed by atoms with van der Waals surface area (Å²) in [4.78, 5) is 15.3. The number of fused-ring (bicyclic) bond motifs is 6. The third kappa shape index (κ3) is 4.02. The first-order valence-corrected chi connectivity index (χ1v) is 15.3. The molecule has 0 amide bonds. The quantitative estimate of drug-likeness (QED) is 0.207. The predicted octanol–water partition coefficient (Wildman–Crippen LogP) is 10.8. The molecule has 6 aromatic carbocycles. The van der Waals surface area contributed by atoms with E-state index in [2.05, 4.69) is 91.0 Å². The second kappa shape index (κ2) is 9.97. The Morgan fingerprint density at radius 2 is 1.07 bits per heavy atom. The van der Waals surface area contributed by atoms with Crippen molar-refractivity contribution in [2.45, 2.75) is 0 Å². The van der Waals surface area contributed by atoms with Crippen LogP contribution < -0.4 is 0 Å². The first-order chi connectivity index (χ1) is 21.8. The van der Waals surface area contributed by atoms with Crippen molar-refractivity contribution in [1.82, 2.24) is 15.0 Å². The molecule has 4 nitrogen and oxygen atoms in total. The molecule has 206 valence electrons. The molecule has 0 saturated heterocycles. The maximum Gasteiger partial charge on any atom is 0.165 e. The van der Waals surface area contributed by atoms with Gasteiger partial charge in [0.15, 0.2) is 17.5 Å². The molecule has 5 heteroatoms. The Balaban J connectivity index is 1.33. The van der Waals surface area contributed by atoms with Crippen LogP contribution in [-0.2, 0) is 0 Å². The zero-order valence-corrected chi connectivity index (χ0v) is 24.3. The highest BCUT2D eigenvalue weighted by molar-refractivity contribution is 7.26. The fourth-order valence-corrected chi connectivity index (χ4v) is 7.31. The lowest BCUT2D eigenvalue weighted by molar-refractivity contribution is 0.669. The van der Waals surface area contributed by atoms with E-state index in [1.807, 2.05) is 48.5 Å². The molecule has 0 aliphatic heterocycles. The van der Waals surface area contributed by atoms with E-state index in [0.29, 0.717) is 17.5 Å². The minimum Gasteiger partial charge on any atom is -0.456 e. The molecule has 3 aromatic heterocycles. The van der Waals surface area contributed by atoms with Crippen molar-refractivity contribution in [2.24, 2.45) is 0 Å². The van der Waals surface area contributed by atoms with Crippen LogP contribution in [0.2, 0.25) is 0 Å². The molecule has 0 unspecified atom stereocenters. The van der Waals surface area contributed by atoms with E-state index < -0.39 is 0 Å². The van der Waals surface area contributed by atoms with Crippen molar-refractivity contribution in [3.63, 3.8) is 0 Å². The Kier molecular flexibility index (Phi) is 5.64. The van der Waals surface area contributed by atoms with Crippen LogP contribution in [0.3, 0.4) is 0 Å². The van der Waals surface area contributed by atoms with Crippen LogP contribution in [0.15, 0.2) is 144 Å². The molecule has 3 heterocycles. The third-order valence-electron chi connectivity index (χ3n) is 8.13. The summed E-state index contributed by atoms with van der Waals surface area (Å²) < 4.78 is 8.84. The summed E-state index contributed by atoms with van der Waals surface area (Å²) in [7, 11) is 0. The number of hydrogen-bond acceptors (Lipinski definition) is 5. The number of aromatic nitrogens is 3. The second-order valence-corrected chi connectivity index (χ2v) is 11.9. The number of rotatable bonds is 4. The summed E-state index contributed by atoms with van der Waals surface area (Å²) in [5, 5.41) is 4.63. The van der Waals surface area contributed by atoms with Crippen LogP contribution in [0.5, 0.6) is 0 Å². The summed E-state index contributed by atoms with van der Waals surface area (Å²) in [6, 6.07) is 47.9. The number of thiophene rings is 1. The highest BCUT2D eigenvalue weighted by Gasteiger charge is 2.19. The average molecular weight is 582 g/mol. The topological polar surface area (TPSA) is 51.8 Å². The zero-order valence-electron chi connectivity index (χ0n) is 23.4. The molecule has 0 saturated carbocycles. The molecule has 0 aliphatic carbocycles. The van der Waals surface area contributed by atoms with Gasteiger partial charge in [-0.05, 0) is 41.5 Å². The Hall–Kier alpha value is -5.65. The van der Waals surface area contributed by atoms with Gasteiger partial charge in [-0.1, -0.05) is 109 Å². The van der Waals surface area contributed by atoms with Crippen LogP contribution in [0.25, 0.3) is 87.4 Å². The molecule has 0 radical (unpaired) electrons. The lowest BCUT2D eigenvalue weighted by Crippen LogP contribution is -2.00. The monoisotopic (exact) mass is 581 g/mol. The highest BCUT2D eigenvalue weighted by atomic mass is 32.1. The van der Waals surface area contributed by atoms with Crippen LogP contribution in [0.4, 0.5) is 0 Å². The molecule has 0 fully saturated rings. The van der Waals surface area contributed by atoms with Gasteiger partial charge in [0.25, 0.3) is 0 Å². The number of benzene rings is 6. The van der Waals surface area contributed by atoms with Crippen molar-refractivity contribution in [3.05, 3.63) is 140 Å². The van der Waals surface area contributed by atoms with Gasteiger partial charge in [-0.2, -0.15) is 0 Å². The summed E-state index contributed by atoms with van der Waals surface area (Å²) in [5.41, 5.74) is 6.66. The minimum atomic E-state index is 0.603. The van der Waals surface area contributed by atoms with Crippen LogP contribution in [0.1, 0.15) is 0 Å². The van der Waals surface area contributed by atoms with Crippen molar-refractivity contribution >= 4 is 53.4 Å². The smallest absolute Gasteiger partial charge is 0.165 e. The summed E-state index contributed by atoms with van der Waals surface area (Å²) >= 11 is 1.78. The van der Waals surface area contributed by atoms with E-state index in [1.165, 1.54) is 20.2 Å². The Morgan fingerprint density at radius 3 is 1.89 bits per heavy atom. The van der Waals surface area contributed by atoms with Crippen LogP contribution >= 0.6 is 11.3 Å². The third-order valence-corrected chi connectivity index (χ3v) is 9.35. The fourth-order valence-electron chi connectivity index (χ4n) is 6.09. The van der Waals surface area contributed by atoms with E-state index in [4.69, 9.17) is 19.4 Å². The van der Waals surface area contributed by atoms with Crippen molar-refractivity contribution in [3.8, 4) is 45.3 Å². The Morgan fingerprint density at radius 1 is 0.432 bits per heavy atom. The summed E-state index contributed by atoms with van der Waals surface area (Å²) in [5.74, 6) is 1.89. The zero-order chi connectivity index (χ0) is 29.0. The molecular weight excluding hydrogens is 559 g/mol. The number of furan rings is 1. The van der Waals surface area contributed by atoms with E-state index in [-0.39, 0.29) is 0 Å². The van der Waals surface area contributed by atoms with Crippen LogP contribution in [-0.4, -0.2) is 15.0 Å². The standard InChI is InChI=1S/C39H23N3OS/c1-3-12-24(13-4-1)31-22-26(23-33-35(31)29-17-7-9-20-32(29)43-33)38-40-37(25-14-5-2-6-15-25)41-39(42-38)30-19-11-18-28-27-16-8-10-21-34(27)44-36(28)30/h1-23H. The highest BCUT2D eigenvalue weighted by Crippen LogP contribution is 2.42. The SMILES string of the molecule is c1ccc(-c2nc(-c3cc(-c4ccccc4)c4c(c3)oc3ccccc34)nc(-c3cccc4c3sc3ccccc34)n2)cc1. The molecule has 0 aliphatic rings. The van der Waals surface area contributed by atoms with E-state index in [0.717, 1.165) is 49.8 Å². The Labute approximate surface area is 256 Å². The first-order valence-electron chi connectivity index (χ1n) is 14.5. The Bertz CT molecular complexity index is 2500. The molecule has 44 heavy (non-hydrogen) atoms. The van der Waals surface area contributed by atoms with E-state index in [1.54, 1.807) is 11.3 Å². The molecule has 0 spiro atoms. The van der Waals surface area contributed by atoms with Gasteiger partial charge in [0.05, 0.1) is 0 Å². The molecule has 9 rings (SSSR count). The largest absolute Gasteiger partial charge is 0.456 e. The molecule has 0 N–H and O–H groups in total. The number of para-hydroxylation sites is 1. The predicted molar refractivity (Wildman–Crippen MR) is 182 cm³/mol. The van der Waals surface area contributed by atoms with E-state index in [9.17, 15) is 0 Å². The van der Waals surface area contributed by atoms with E-state index >= 15 is 0 Å². The van der Waals surface area contributed by atoms with Crippen LogP contribution in [0, 0.1) is 0 Å². The molecule has 0 bridgehead atoms. The van der Waals surface area contributed by atoms with Gasteiger partial charge in [0.2, 0.25) is 0 Å². The first kappa shape index (κ1) is 24.9. The van der Waals surface area contributed by atoms with Gasteiger partial charge >= 0.3 is 0 Å². The second-order valence-electron chi connectivity index (χ2n) is 10.8. The maximum atomic E-state index is 6.43. The molecule has 0 atom stereocenters. The van der Waals surface area contributed by atoms with Gasteiger partial charge in [0.1, 0.15) is 11.2 Å². The van der Waals surface area contributed by atoms with Crippen molar-refractivity contribution in [1.29, 1.82) is 0 Å². The average Bonchev–Trinajstić information content (AvgIpc) is 3.67. The van der Waals surface area contributed by atoms with Gasteiger partial charge in [-0.3, -0.25) is 0 Å². The molecular formula is C39H23N3OS. The van der Waals surface area contributed by atoms with Gasteiger partial charge in [0, 0.05) is 47.6 Å².